The number of amides is 1. The molecule has 2 aromatic heterocycles. The summed E-state index contributed by atoms with van der Waals surface area (Å²) in [7, 11) is 1.80. The van der Waals surface area contributed by atoms with E-state index >= 15 is 0 Å². The maximum atomic E-state index is 12.3. The normalized spacial score (nSPS) is 10.7. The van der Waals surface area contributed by atoms with Crippen molar-refractivity contribution >= 4 is 33.3 Å². The molecular formula is C14H17BrN4O. The Morgan fingerprint density at radius 1 is 1.40 bits per heavy atom. The Morgan fingerprint density at radius 3 is 2.70 bits per heavy atom. The van der Waals surface area contributed by atoms with Gasteiger partial charge in [-0.25, -0.2) is 4.98 Å². The smallest absolute Gasteiger partial charge is 0.272 e. The van der Waals surface area contributed by atoms with Crippen molar-refractivity contribution in [2.75, 3.05) is 17.7 Å². The van der Waals surface area contributed by atoms with E-state index in [0.29, 0.717) is 11.4 Å². The molecule has 0 aromatic carbocycles. The molecule has 0 saturated heterocycles. The summed E-state index contributed by atoms with van der Waals surface area (Å²) in [5.41, 5.74) is 1.28. The predicted molar refractivity (Wildman–Crippen MR) is 84.3 cm³/mol. The third-order valence-corrected chi connectivity index (χ3v) is 3.32. The topological polar surface area (TPSA) is 58.9 Å². The molecule has 106 valence electrons. The van der Waals surface area contributed by atoms with E-state index in [2.05, 4.69) is 31.5 Å². The highest BCUT2D eigenvalue weighted by Crippen LogP contribution is 2.20. The highest BCUT2D eigenvalue weighted by molar-refractivity contribution is 9.10. The Hall–Kier alpha value is -1.82. The van der Waals surface area contributed by atoms with Gasteiger partial charge in [-0.3, -0.25) is 4.79 Å². The molecule has 6 heteroatoms. The van der Waals surface area contributed by atoms with Crippen molar-refractivity contribution in [3.8, 4) is 0 Å². The van der Waals surface area contributed by atoms with Crippen molar-refractivity contribution in [1.29, 1.82) is 0 Å². The van der Waals surface area contributed by atoms with E-state index in [1.165, 1.54) is 0 Å². The summed E-state index contributed by atoms with van der Waals surface area (Å²) in [6, 6.07) is 5.65. The van der Waals surface area contributed by atoms with E-state index in [0.717, 1.165) is 10.3 Å². The fraction of sp³-hybridized carbons (Fsp3) is 0.286. The second-order valence-electron chi connectivity index (χ2n) is 4.68. The summed E-state index contributed by atoms with van der Waals surface area (Å²) in [4.78, 5) is 16.5. The molecule has 2 heterocycles. The molecule has 20 heavy (non-hydrogen) atoms. The summed E-state index contributed by atoms with van der Waals surface area (Å²) in [5, 5.41) is 5.78. The lowest BCUT2D eigenvalue weighted by molar-refractivity contribution is 0.101. The monoisotopic (exact) mass is 336 g/mol. The minimum absolute atomic E-state index is 0.150. The number of hydrogen-bond donors (Lipinski definition) is 2. The first-order chi connectivity index (χ1) is 9.51. The van der Waals surface area contributed by atoms with Gasteiger partial charge in [0.15, 0.2) is 0 Å². The highest BCUT2D eigenvalue weighted by Gasteiger charge is 2.15. The van der Waals surface area contributed by atoms with Gasteiger partial charge >= 0.3 is 0 Å². The lowest BCUT2D eigenvalue weighted by atomic mass is 10.3. The molecule has 2 N–H and O–H groups in total. The van der Waals surface area contributed by atoms with Crippen LogP contribution >= 0.6 is 15.9 Å². The van der Waals surface area contributed by atoms with Crippen LogP contribution in [-0.4, -0.2) is 22.5 Å². The van der Waals surface area contributed by atoms with Crippen molar-refractivity contribution in [2.45, 2.75) is 19.9 Å². The van der Waals surface area contributed by atoms with E-state index < -0.39 is 0 Å². The van der Waals surface area contributed by atoms with Crippen molar-refractivity contribution in [1.82, 2.24) is 9.55 Å². The number of anilines is 2. The van der Waals surface area contributed by atoms with Gasteiger partial charge in [-0.2, -0.15) is 0 Å². The molecule has 0 aliphatic rings. The van der Waals surface area contributed by atoms with E-state index in [-0.39, 0.29) is 11.9 Å². The fourth-order valence-corrected chi connectivity index (χ4v) is 2.30. The first-order valence-corrected chi connectivity index (χ1v) is 7.13. The molecule has 0 bridgehead atoms. The van der Waals surface area contributed by atoms with Gasteiger partial charge in [-0.1, -0.05) is 0 Å². The van der Waals surface area contributed by atoms with Crippen LogP contribution in [0.25, 0.3) is 0 Å². The number of carbonyl (C=O) groups excluding carboxylic acids is 1. The Bertz CT molecular complexity index is 604. The predicted octanol–water partition coefficient (Wildman–Crippen LogP) is 3.52. The first kappa shape index (κ1) is 14.6. The number of nitrogens with one attached hydrogen (secondary N) is 2. The second kappa shape index (κ2) is 6.09. The van der Waals surface area contributed by atoms with Gasteiger partial charge in [0.1, 0.15) is 11.5 Å². The van der Waals surface area contributed by atoms with Crippen molar-refractivity contribution in [3.05, 3.63) is 40.8 Å². The maximum absolute atomic E-state index is 12.3. The minimum Gasteiger partial charge on any atom is -0.373 e. The zero-order valence-corrected chi connectivity index (χ0v) is 13.2. The highest BCUT2D eigenvalue weighted by atomic mass is 79.9. The quantitative estimate of drug-likeness (QED) is 0.897. The summed E-state index contributed by atoms with van der Waals surface area (Å²) < 4.78 is 2.81. The summed E-state index contributed by atoms with van der Waals surface area (Å²) in [6.45, 7) is 4.07. The van der Waals surface area contributed by atoms with Crippen LogP contribution < -0.4 is 10.6 Å². The molecule has 0 aliphatic carbocycles. The van der Waals surface area contributed by atoms with Gasteiger partial charge < -0.3 is 15.2 Å². The summed E-state index contributed by atoms with van der Waals surface area (Å²) in [5.74, 6) is 0.611. The Kier molecular flexibility index (Phi) is 4.44. The van der Waals surface area contributed by atoms with E-state index in [9.17, 15) is 4.79 Å². The number of carbonyl (C=O) groups is 1. The molecule has 2 rings (SSSR count). The van der Waals surface area contributed by atoms with Crippen molar-refractivity contribution in [2.24, 2.45) is 0 Å². The lowest BCUT2D eigenvalue weighted by Gasteiger charge is -2.12. The number of pyridine rings is 1. The van der Waals surface area contributed by atoms with Crippen LogP contribution in [0, 0.1) is 0 Å². The van der Waals surface area contributed by atoms with E-state index in [1.54, 1.807) is 13.2 Å². The Balaban J connectivity index is 2.19. The number of halogens is 1. The largest absolute Gasteiger partial charge is 0.373 e. The van der Waals surface area contributed by atoms with Crippen LogP contribution in [-0.2, 0) is 0 Å². The standard InChI is InChI=1S/C14H17BrN4O/c1-9(2)19-8-10(15)6-12(19)14(20)18-11-4-5-13(16-3)17-7-11/h4-9H,1-3H3,(H,16,17)(H,18,20). The summed E-state index contributed by atoms with van der Waals surface area (Å²) in [6.07, 6.45) is 3.53. The molecule has 1 amide bonds. The average Bonchev–Trinajstić information content (AvgIpc) is 2.82. The van der Waals surface area contributed by atoms with E-state index in [1.807, 2.05) is 42.8 Å². The first-order valence-electron chi connectivity index (χ1n) is 6.34. The molecule has 5 nitrogen and oxygen atoms in total. The maximum Gasteiger partial charge on any atom is 0.272 e. The zero-order chi connectivity index (χ0) is 14.7. The van der Waals surface area contributed by atoms with Crippen LogP contribution in [0.2, 0.25) is 0 Å². The van der Waals surface area contributed by atoms with Gasteiger partial charge in [0.2, 0.25) is 0 Å². The molecule has 0 spiro atoms. The molecule has 0 unspecified atom stereocenters. The second-order valence-corrected chi connectivity index (χ2v) is 5.60. The number of aromatic nitrogens is 2. The number of nitrogens with zero attached hydrogens (tertiary/aromatic N) is 2. The summed E-state index contributed by atoms with van der Waals surface area (Å²) >= 11 is 3.40. The Morgan fingerprint density at radius 2 is 2.15 bits per heavy atom. The molecule has 0 saturated carbocycles. The molecule has 0 fully saturated rings. The van der Waals surface area contributed by atoms with Crippen molar-refractivity contribution in [3.63, 3.8) is 0 Å². The zero-order valence-electron chi connectivity index (χ0n) is 11.6. The molecular weight excluding hydrogens is 320 g/mol. The van der Waals surface area contributed by atoms with Crippen LogP contribution in [0.4, 0.5) is 11.5 Å². The van der Waals surface area contributed by atoms with Crippen LogP contribution in [0.5, 0.6) is 0 Å². The minimum atomic E-state index is -0.150. The van der Waals surface area contributed by atoms with E-state index in [4.69, 9.17) is 0 Å². The number of rotatable bonds is 4. The van der Waals surface area contributed by atoms with Crippen molar-refractivity contribution < 1.29 is 4.79 Å². The molecule has 0 radical (unpaired) electrons. The van der Waals surface area contributed by atoms with Gasteiger partial charge in [-0.05, 0) is 48.0 Å². The molecule has 2 aromatic rings. The fourth-order valence-electron chi connectivity index (χ4n) is 1.87. The van der Waals surface area contributed by atoms with Gasteiger partial charge in [0.05, 0.1) is 11.9 Å². The number of hydrogen-bond acceptors (Lipinski definition) is 3. The molecule has 0 atom stereocenters. The third kappa shape index (κ3) is 3.19. The average molecular weight is 337 g/mol. The SMILES string of the molecule is CNc1ccc(NC(=O)c2cc(Br)cn2C(C)C)cn1. The lowest BCUT2D eigenvalue weighted by Crippen LogP contribution is -2.17. The van der Waals surface area contributed by atoms with Crippen LogP contribution in [0.1, 0.15) is 30.4 Å². The van der Waals surface area contributed by atoms with Gasteiger partial charge in [-0.15, -0.1) is 0 Å². The van der Waals surface area contributed by atoms with Gasteiger partial charge in [0.25, 0.3) is 5.91 Å². The molecule has 0 aliphatic heterocycles. The van der Waals surface area contributed by atoms with Crippen LogP contribution in [0.15, 0.2) is 35.1 Å². The third-order valence-electron chi connectivity index (χ3n) is 2.88. The van der Waals surface area contributed by atoms with Gasteiger partial charge in [0, 0.05) is 23.8 Å². The van der Waals surface area contributed by atoms with Crippen LogP contribution in [0.3, 0.4) is 0 Å². The Labute approximate surface area is 126 Å².